The molecule has 0 bridgehead atoms. The first-order valence-corrected chi connectivity index (χ1v) is 11.3. The molecule has 1 fully saturated rings. The third kappa shape index (κ3) is 5.54. The first-order chi connectivity index (χ1) is 15.0. The van der Waals surface area contributed by atoms with Crippen LogP contribution in [0.2, 0.25) is 0 Å². The lowest BCUT2D eigenvalue weighted by molar-refractivity contribution is 0.102. The molecule has 1 atom stereocenters. The van der Waals surface area contributed by atoms with Crippen molar-refractivity contribution in [2.24, 2.45) is 13.0 Å². The topological polar surface area (TPSA) is 50.5 Å². The molecular formula is C26H33N3O2. The van der Waals surface area contributed by atoms with Crippen LogP contribution in [-0.2, 0) is 13.6 Å². The number of aryl methyl sites for hydroxylation is 2. The standard InChI is InChI=1S/C26H33N3O2/c1-4-22(30)17-29(16-20-13-14-20)18-24-25(21-10-6-5-7-11-21)27-28(3)26(24)31-23-12-8-9-19(2)15-23/h5-12,15,20,22,30H,4,13-14,16-18H2,1-3H3/t22-/m0/s1. The smallest absolute Gasteiger partial charge is 0.222 e. The van der Waals surface area contributed by atoms with Crippen molar-refractivity contribution >= 4 is 0 Å². The number of nitrogens with zero attached hydrogens (tertiary/aromatic N) is 3. The molecule has 5 heteroatoms. The molecule has 1 saturated carbocycles. The Bertz CT molecular complexity index is 995. The van der Waals surface area contributed by atoms with Crippen molar-refractivity contribution in [3.05, 3.63) is 65.7 Å². The molecule has 1 N–H and O–H groups in total. The van der Waals surface area contributed by atoms with E-state index in [4.69, 9.17) is 9.84 Å². The Hall–Kier alpha value is -2.63. The molecule has 5 nitrogen and oxygen atoms in total. The van der Waals surface area contributed by atoms with Crippen LogP contribution in [0.4, 0.5) is 0 Å². The molecule has 1 aliphatic carbocycles. The minimum Gasteiger partial charge on any atom is -0.439 e. The zero-order chi connectivity index (χ0) is 21.8. The van der Waals surface area contributed by atoms with Crippen molar-refractivity contribution in [3.8, 4) is 22.9 Å². The first-order valence-electron chi connectivity index (χ1n) is 11.3. The van der Waals surface area contributed by atoms with E-state index in [0.717, 1.165) is 52.9 Å². The van der Waals surface area contributed by atoms with E-state index in [1.165, 1.54) is 12.8 Å². The number of ether oxygens (including phenoxy) is 1. The Balaban J connectivity index is 1.71. The van der Waals surface area contributed by atoms with Gasteiger partial charge in [-0.1, -0.05) is 49.4 Å². The molecule has 1 aliphatic rings. The maximum Gasteiger partial charge on any atom is 0.222 e. The van der Waals surface area contributed by atoms with E-state index >= 15 is 0 Å². The number of aliphatic hydroxyl groups is 1. The van der Waals surface area contributed by atoms with E-state index in [1.54, 1.807) is 0 Å². The van der Waals surface area contributed by atoms with Gasteiger partial charge in [0.1, 0.15) is 11.4 Å². The number of aromatic nitrogens is 2. The van der Waals surface area contributed by atoms with Crippen LogP contribution in [0.1, 0.15) is 37.3 Å². The number of rotatable bonds is 10. The molecule has 0 unspecified atom stereocenters. The van der Waals surface area contributed by atoms with Gasteiger partial charge < -0.3 is 9.84 Å². The van der Waals surface area contributed by atoms with E-state index < -0.39 is 0 Å². The van der Waals surface area contributed by atoms with Gasteiger partial charge in [-0.2, -0.15) is 5.10 Å². The lowest BCUT2D eigenvalue weighted by atomic mass is 10.1. The molecule has 3 aromatic rings. The zero-order valence-electron chi connectivity index (χ0n) is 18.8. The quantitative estimate of drug-likeness (QED) is 0.492. The Morgan fingerprint density at radius 3 is 2.61 bits per heavy atom. The highest BCUT2D eigenvalue weighted by molar-refractivity contribution is 5.65. The normalized spacial score (nSPS) is 14.7. The summed E-state index contributed by atoms with van der Waals surface area (Å²) in [4.78, 5) is 2.37. The molecule has 1 aromatic heterocycles. The number of aliphatic hydroxyl groups excluding tert-OH is 1. The average Bonchev–Trinajstić information content (AvgIpc) is 3.53. The first kappa shape index (κ1) is 21.6. The second kappa shape index (κ2) is 9.67. The van der Waals surface area contributed by atoms with Gasteiger partial charge in [-0.15, -0.1) is 0 Å². The van der Waals surface area contributed by atoms with E-state index in [-0.39, 0.29) is 6.10 Å². The SMILES string of the molecule is CC[C@H](O)CN(Cc1c(-c2ccccc2)nn(C)c1Oc1cccc(C)c1)CC1CC1. The minimum absolute atomic E-state index is 0.322. The summed E-state index contributed by atoms with van der Waals surface area (Å²) in [7, 11) is 1.94. The molecule has 2 aromatic carbocycles. The van der Waals surface area contributed by atoms with Gasteiger partial charge in [0.05, 0.1) is 11.7 Å². The molecule has 1 heterocycles. The van der Waals surface area contributed by atoms with Gasteiger partial charge in [0.2, 0.25) is 5.88 Å². The lowest BCUT2D eigenvalue weighted by Gasteiger charge is -2.25. The van der Waals surface area contributed by atoms with E-state index in [0.29, 0.717) is 13.1 Å². The second-order valence-electron chi connectivity index (χ2n) is 8.74. The van der Waals surface area contributed by atoms with Gasteiger partial charge in [0.15, 0.2) is 0 Å². The van der Waals surface area contributed by atoms with Crippen molar-refractivity contribution in [3.63, 3.8) is 0 Å². The number of hydrogen-bond donors (Lipinski definition) is 1. The van der Waals surface area contributed by atoms with Crippen LogP contribution in [0.3, 0.4) is 0 Å². The summed E-state index contributed by atoms with van der Waals surface area (Å²) < 4.78 is 8.23. The number of hydrogen-bond acceptors (Lipinski definition) is 4. The maximum absolute atomic E-state index is 10.4. The van der Waals surface area contributed by atoms with Gasteiger partial charge in [0.25, 0.3) is 0 Å². The number of benzene rings is 2. The second-order valence-corrected chi connectivity index (χ2v) is 8.74. The zero-order valence-corrected chi connectivity index (χ0v) is 18.8. The van der Waals surface area contributed by atoms with Gasteiger partial charge >= 0.3 is 0 Å². The van der Waals surface area contributed by atoms with Crippen LogP contribution in [0, 0.1) is 12.8 Å². The molecule has 4 rings (SSSR count). The Morgan fingerprint density at radius 2 is 1.94 bits per heavy atom. The van der Waals surface area contributed by atoms with Gasteiger partial charge in [-0.3, -0.25) is 4.90 Å². The monoisotopic (exact) mass is 419 g/mol. The van der Waals surface area contributed by atoms with Crippen molar-refractivity contribution in [2.75, 3.05) is 13.1 Å². The molecular weight excluding hydrogens is 386 g/mol. The molecule has 0 saturated heterocycles. The molecule has 0 spiro atoms. The summed E-state index contributed by atoms with van der Waals surface area (Å²) in [5.41, 5.74) is 4.25. The molecule has 164 valence electrons. The highest BCUT2D eigenvalue weighted by Crippen LogP contribution is 2.36. The highest BCUT2D eigenvalue weighted by atomic mass is 16.5. The largest absolute Gasteiger partial charge is 0.439 e. The van der Waals surface area contributed by atoms with Crippen LogP contribution >= 0.6 is 0 Å². The fourth-order valence-electron chi connectivity index (χ4n) is 3.96. The maximum atomic E-state index is 10.4. The molecule has 0 radical (unpaired) electrons. The van der Waals surface area contributed by atoms with Crippen LogP contribution in [0.25, 0.3) is 11.3 Å². The van der Waals surface area contributed by atoms with Gasteiger partial charge in [-0.05, 0) is 49.8 Å². The van der Waals surface area contributed by atoms with Crippen LogP contribution < -0.4 is 4.74 Å². The third-order valence-corrected chi connectivity index (χ3v) is 5.87. The highest BCUT2D eigenvalue weighted by Gasteiger charge is 2.28. The predicted molar refractivity (Wildman–Crippen MR) is 124 cm³/mol. The van der Waals surface area contributed by atoms with E-state index in [1.807, 2.05) is 55.1 Å². The summed E-state index contributed by atoms with van der Waals surface area (Å²) in [6, 6.07) is 18.4. The Kier molecular flexibility index (Phi) is 6.73. The Labute approximate surface area is 185 Å². The molecule has 31 heavy (non-hydrogen) atoms. The van der Waals surface area contributed by atoms with E-state index in [2.05, 4.69) is 30.0 Å². The summed E-state index contributed by atoms with van der Waals surface area (Å²) in [6.07, 6.45) is 3.00. The Morgan fingerprint density at radius 1 is 1.16 bits per heavy atom. The van der Waals surface area contributed by atoms with Crippen LogP contribution in [0.5, 0.6) is 11.6 Å². The van der Waals surface area contributed by atoms with Crippen molar-refractivity contribution in [1.82, 2.24) is 14.7 Å². The summed E-state index contributed by atoms with van der Waals surface area (Å²) >= 11 is 0. The summed E-state index contributed by atoms with van der Waals surface area (Å²) in [5, 5.41) is 15.2. The lowest BCUT2D eigenvalue weighted by Crippen LogP contribution is -2.33. The van der Waals surface area contributed by atoms with Gasteiger partial charge in [-0.25, -0.2) is 4.68 Å². The summed E-state index contributed by atoms with van der Waals surface area (Å²) in [5.74, 6) is 2.31. The van der Waals surface area contributed by atoms with Crippen molar-refractivity contribution in [1.29, 1.82) is 0 Å². The van der Waals surface area contributed by atoms with E-state index in [9.17, 15) is 5.11 Å². The van der Waals surface area contributed by atoms with Crippen molar-refractivity contribution < 1.29 is 9.84 Å². The fourth-order valence-corrected chi connectivity index (χ4v) is 3.96. The summed E-state index contributed by atoms with van der Waals surface area (Å²) in [6.45, 7) is 6.47. The van der Waals surface area contributed by atoms with Crippen molar-refractivity contribution in [2.45, 2.75) is 45.8 Å². The molecule has 0 amide bonds. The third-order valence-electron chi connectivity index (χ3n) is 5.87. The van der Waals surface area contributed by atoms with Crippen LogP contribution in [-0.4, -0.2) is 39.0 Å². The minimum atomic E-state index is -0.322. The van der Waals surface area contributed by atoms with Gasteiger partial charge in [0, 0.05) is 32.2 Å². The molecule has 0 aliphatic heterocycles. The van der Waals surface area contributed by atoms with Crippen LogP contribution in [0.15, 0.2) is 54.6 Å². The average molecular weight is 420 g/mol. The predicted octanol–water partition coefficient (Wildman–Crippen LogP) is 5.17. The fraction of sp³-hybridized carbons (Fsp3) is 0.423.